The minimum atomic E-state index is -1.07. The zero-order chi connectivity index (χ0) is 13.8. The first kappa shape index (κ1) is 13.2. The molecule has 2 aromatic heterocycles. The molecule has 0 aliphatic carbocycles. The summed E-state index contributed by atoms with van der Waals surface area (Å²) in [6, 6.07) is 3.02. The Kier molecular flexibility index (Phi) is 3.91. The molecule has 0 spiro atoms. The lowest BCUT2D eigenvalue weighted by Gasteiger charge is -2.05. The molecule has 0 saturated carbocycles. The van der Waals surface area contributed by atoms with Crippen LogP contribution in [0.5, 0.6) is 0 Å². The van der Waals surface area contributed by atoms with Gasteiger partial charge in [0.1, 0.15) is 17.2 Å². The number of carboxylic acid groups (broad SMARTS) is 1. The quantitative estimate of drug-likeness (QED) is 0.858. The zero-order valence-electron chi connectivity index (χ0n) is 10.2. The van der Waals surface area contributed by atoms with Crippen LogP contribution in [0, 0.1) is 0 Å². The number of carbonyl (C=O) groups is 2. The molecule has 2 aromatic rings. The van der Waals surface area contributed by atoms with Gasteiger partial charge in [-0.1, -0.05) is 18.3 Å². The van der Waals surface area contributed by atoms with E-state index in [0.29, 0.717) is 5.13 Å². The van der Waals surface area contributed by atoms with Gasteiger partial charge in [0.25, 0.3) is 0 Å². The number of aromatic carboxylic acids is 1. The van der Waals surface area contributed by atoms with Gasteiger partial charge in [-0.15, -0.1) is 10.2 Å². The molecule has 0 saturated heterocycles. The van der Waals surface area contributed by atoms with Gasteiger partial charge < -0.3 is 9.67 Å². The number of nitrogens with zero attached hydrogens (tertiary/aromatic N) is 3. The fraction of sp³-hybridized carbons (Fsp3) is 0.273. The summed E-state index contributed by atoms with van der Waals surface area (Å²) in [5.41, 5.74) is 0.0710. The topological polar surface area (TPSA) is 97.1 Å². The average Bonchev–Trinajstić information content (AvgIpc) is 2.97. The maximum atomic E-state index is 11.8. The van der Waals surface area contributed by atoms with Crippen molar-refractivity contribution in [2.45, 2.75) is 19.9 Å². The molecule has 1 amide bonds. The summed E-state index contributed by atoms with van der Waals surface area (Å²) in [6.07, 6.45) is 2.30. The van der Waals surface area contributed by atoms with Crippen molar-refractivity contribution < 1.29 is 14.7 Å². The van der Waals surface area contributed by atoms with Crippen molar-refractivity contribution in [1.82, 2.24) is 14.8 Å². The molecule has 0 bridgehead atoms. The molecule has 100 valence electrons. The molecule has 0 radical (unpaired) electrons. The van der Waals surface area contributed by atoms with Crippen LogP contribution in [0.2, 0.25) is 0 Å². The first-order valence-electron chi connectivity index (χ1n) is 5.60. The van der Waals surface area contributed by atoms with Gasteiger partial charge in [0.15, 0.2) is 0 Å². The Morgan fingerprint density at radius 1 is 1.47 bits per heavy atom. The lowest BCUT2D eigenvalue weighted by Crippen LogP contribution is -2.20. The third-order valence-electron chi connectivity index (χ3n) is 2.38. The minimum Gasteiger partial charge on any atom is -0.477 e. The maximum absolute atomic E-state index is 11.8. The molecule has 0 aliphatic heterocycles. The standard InChI is InChI=1S/C11H12N4O3S/c1-2-9-13-14-11(19-9)12-8(16)6-15-5-3-4-7(15)10(17)18/h3-5H,2,6H2,1H3,(H,17,18)(H,12,14,16). The number of aryl methyl sites for hydroxylation is 1. The number of aromatic nitrogens is 3. The number of nitrogens with one attached hydrogen (secondary N) is 1. The average molecular weight is 280 g/mol. The number of amides is 1. The third kappa shape index (κ3) is 3.16. The van der Waals surface area contributed by atoms with Crippen LogP contribution in [-0.4, -0.2) is 31.7 Å². The minimum absolute atomic E-state index is 0.0710. The van der Waals surface area contributed by atoms with Crippen molar-refractivity contribution in [2.75, 3.05) is 5.32 Å². The van der Waals surface area contributed by atoms with E-state index >= 15 is 0 Å². The summed E-state index contributed by atoms with van der Waals surface area (Å²) in [5.74, 6) is -1.40. The van der Waals surface area contributed by atoms with E-state index in [4.69, 9.17) is 5.11 Å². The molecule has 2 rings (SSSR count). The van der Waals surface area contributed by atoms with E-state index in [9.17, 15) is 9.59 Å². The number of carboxylic acids is 1. The van der Waals surface area contributed by atoms with Crippen LogP contribution >= 0.6 is 11.3 Å². The van der Waals surface area contributed by atoms with Gasteiger partial charge in [-0.25, -0.2) is 4.79 Å². The largest absolute Gasteiger partial charge is 0.477 e. The molecular weight excluding hydrogens is 268 g/mol. The molecule has 19 heavy (non-hydrogen) atoms. The monoisotopic (exact) mass is 280 g/mol. The number of hydrogen-bond donors (Lipinski definition) is 2. The number of carbonyl (C=O) groups excluding carboxylic acids is 1. The van der Waals surface area contributed by atoms with Crippen molar-refractivity contribution in [1.29, 1.82) is 0 Å². The highest BCUT2D eigenvalue weighted by Gasteiger charge is 2.13. The maximum Gasteiger partial charge on any atom is 0.352 e. The lowest BCUT2D eigenvalue weighted by molar-refractivity contribution is -0.116. The Hall–Kier alpha value is -2.22. The molecule has 0 aromatic carbocycles. The van der Waals surface area contributed by atoms with Crippen LogP contribution < -0.4 is 5.32 Å². The second kappa shape index (κ2) is 5.61. The summed E-state index contributed by atoms with van der Waals surface area (Å²) in [5, 5.41) is 20.5. The fourth-order valence-corrected chi connectivity index (χ4v) is 2.20. The van der Waals surface area contributed by atoms with Crippen molar-refractivity contribution >= 4 is 28.3 Å². The molecule has 8 heteroatoms. The van der Waals surface area contributed by atoms with Gasteiger partial charge in [0, 0.05) is 6.20 Å². The summed E-state index contributed by atoms with van der Waals surface area (Å²) < 4.78 is 1.36. The van der Waals surface area contributed by atoms with Crippen LogP contribution in [-0.2, 0) is 17.8 Å². The highest BCUT2D eigenvalue weighted by molar-refractivity contribution is 7.15. The van der Waals surface area contributed by atoms with Gasteiger partial charge in [0.05, 0.1) is 0 Å². The van der Waals surface area contributed by atoms with E-state index in [1.165, 1.54) is 22.0 Å². The molecular formula is C11H12N4O3S. The first-order chi connectivity index (χ1) is 9.10. The molecule has 7 nitrogen and oxygen atoms in total. The first-order valence-corrected chi connectivity index (χ1v) is 6.42. The number of anilines is 1. The second-order valence-corrected chi connectivity index (χ2v) is 4.79. The highest BCUT2D eigenvalue weighted by Crippen LogP contribution is 2.15. The normalized spacial score (nSPS) is 10.4. The number of hydrogen-bond acceptors (Lipinski definition) is 5. The fourth-order valence-electron chi connectivity index (χ4n) is 1.51. The Balaban J connectivity index is 2.01. The van der Waals surface area contributed by atoms with Crippen LogP contribution in [0.1, 0.15) is 22.4 Å². The van der Waals surface area contributed by atoms with E-state index in [0.717, 1.165) is 11.4 Å². The molecule has 0 atom stereocenters. The lowest BCUT2D eigenvalue weighted by atomic mass is 10.4. The van der Waals surface area contributed by atoms with Crippen LogP contribution in [0.15, 0.2) is 18.3 Å². The van der Waals surface area contributed by atoms with Crippen molar-refractivity contribution in [2.24, 2.45) is 0 Å². The Morgan fingerprint density at radius 2 is 2.26 bits per heavy atom. The molecule has 0 aliphatic rings. The van der Waals surface area contributed by atoms with E-state index in [1.54, 1.807) is 12.3 Å². The molecule has 0 fully saturated rings. The summed E-state index contributed by atoms with van der Waals surface area (Å²) in [4.78, 5) is 22.7. The predicted molar refractivity (Wildman–Crippen MR) is 69.3 cm³/mol. The van der Waals surface area contributed by atoms with Crippen LogP contribution in [0.4, 0.5) is 5.13 Å². The summed E-state index contributed by atoms with van der Waals surface area (Å²) in [6.45, 7) is 1.88. The van der Waals surface area contributed by atoms with Crippen LogP contribution in [0.3, 0.4) is 0 Å². The van der Waals surface area contributed by atoms with Crippen molar-refractivity contribution in [3.05, 3.63) is 29.0 Å². The number of rotatable bonds is 5. The van der Waals surface area contributed by atoms with Gasteiger partial charge in [-0.05, 0) is 18.6 Å². The SMILES string of the molecule is CCc1nnc(NC(=O)Cn2cccc2C(=O)O)s1. The summed E-state index contributed by atoms with van der Waals surface area (Å²) >= 11 is 1.30. The van der Waals surface area contributed by atoms with E-state index in [2.05, 4.69) is 15.5 Å². The van der Waals surface area contributed by atoms with E-state index < -0.39 is 5.97 Å². The Bertz CT molecular complexity index is 605. The Morgan fingerprint density at radius 3 is 2.89 bits per heavy atom. The van der Waals surface area contributed by atoms with Gasteiger partial charge >= 0.3 is 5.97 Å². The summed E-state index contributed by atoms with van der Waals surface area (Å²) in [7, 11) is 0. The van der Waals surface area contributed by atoms with Gasteiger partial charge in [-0.3, -0.25) is 10.1 Å². The third-order valence-corrected chi connectivity index (χ3v) is 3.36. The van der Waals surface area contributed by atoms with Crippen molar-refractivity contribution in [3.8, 4) is 0 Å². The van der Waals surface area contributed by atoms with E-state index in [1.807, 2.05) is 6.92 Å². The smallest absolute Gasteiger partial charge is 0.352 e. The molecule has 0 unspecified atom stereocenters. The van der Waals surface area contributed by atoms with Gasteiger partial charge in [-0.2, -0.15) is 0 Å². The Labute approximate surface area is 112 Å². The van der Waals surface area contributed by atoms with Crippen molar-refractivity contribution in [3.63, 3.8) is 0 Å². The van der Waals surface area contributed by atoms with Gasteiger partial charge in [0.2, 0.25) is 11.0 Å². The second-order valence-electron chi connectivity index (χ2n) is 3.73. The predicted octanol–water partition coefficient (Wildman–Crippen LogP) is 1.24. The van der Waals surface area contributed by atoms with E-state index in [-0.39, 0.29) is 18.1 Å². The molecule has 2 N–H and O–H groups in total. The zero-order valence-corrected chi connectivity index (χ0v) is 11.0. The highest BCUT2D eigenvalue weighted by atomic mass is 32.1. The van der Waals surface area contributed by atoms with Crippen LogP contribution in [0.25, 0.3) is 0 Å². The molecule has 2 heterocycles.